The summed E-state index contributed by atoms with van der Waals surface area (Å²) in [6.07, 6.45) is 0. The van der Waals surface area contributed by atoms with E-state index < -0.39 is 5.82 Å². The topological polar surface area (TPSA) is 20.2 Å². The first-order valence-corrected chi connectivity index (χ1v) is 4.92. The standard InChI is InChI=1S/C11H14ClFO/c1-5(2)8-6(3)11(14)7(4)10(13)9(8)12/h5,14H,1-4H3. The van der Waals surface area contributed by atoms with Gasteiger partial charge in [0.25, 0.3) is 0 Å². The summed E-state index contributed by atoms with van der Waals surface area (Å²) in [7, 11) is 0. The minimum atomic E-state index is -0.515. The number of aromatic hydroxyl groups is 1. The fraction of sp³-hybridized carbons (Fsp3) is 0.455. The predicted octanol–water partition coefficient (Wildman–Crippen LogP) is 3.92. The molecule has 0 bridgehead atoms. The lowest BCUT2D eigenvalue weighted by molar-refractivity contribution is 0.456. The Morgan fingerprint density at radius 2 is 1.71 bits per heavy atom. The van der Waals surface area contributed by atoms with Crippen LogP contribution in [0.25, 0.3) is 0 Å². The van der Waals surface area contributed by atoms with Crippen LogP contribution in [0.1, 0.15) is 36.5 Å². The zero-order valence-corrected chi connectivity index (χ0v) is 9.54. The number of benzene rings is 1. The van der Waals surface area contributed by atoms with E-state index in [0.717, 1.165) is 0 Å². The molecule has 14 heavy (non-hydrogen) atoms. The molecule has 0 atom stereocenters. The highest BCUT2D eigenvalue weighted by molar-refractivity contribution is 6.31. The van der Waals surface area contributed by atoms with E-state index in [0.29, 0.717) is 11.1 Å². The van der Waals surface area contributed by atoms with E-state index in [1.54, 1.807) is 6.92 Å². The van der Waals surface area contributed by atoms with Gasteiger partial charge in [-0.15, -0.1) is 0 Å². The highest BCUT2D eigenvalue weighted by atomic mass is 35.5. The third-order valence-electron chi connectivity index (χ3n) is 2.45. The molecule has 0 aliphatic carbocycles. The van der Waals surface area contributed by atoms with E-state index in [-0.39, 0.29) is 22.3 Å². The molecular weight excluding hydrogens is 203 g/mol. The molecule has 78 valence electrons. The molecular formula is C11H14ClFO. The third-order valence-corrected chi connectivity index (χ3v) is 2.82. The summed E-state index contributed by atoms with van der Waals surface area (Å²) in [5.74, 6) is -0.405. The first-order valence-electron chi connectivity index (χ1n) is 4.54. The van der Waals surface area contributed by atoms with Gasteiger partial charge in [0.05, 0.1) is 5.02 Å². The van der Waals surface area contributed by atoms with Gasteiger partial charge in [-0.1, -0.05) is 25.4 Å². The molecule has 0 saturated heterocycles. The number of hydrogen-bond acceptors (Lipinski definition) is 1. The zero-order valence-electron chi connectivity index (χ0n) is 8.78. The minimum absolute atomic E-state index is 0.00981. The SMILES string of the molecule is Cc1c(O)c(C)c(C(C)C)c(Cl)c1F. The predicted molar refractivity (Wildman–Crippen MR) is 56.6 cm³/mol. The lowest BCUT2D eigenvalue weighted by atomic mass is 9.95. The molecule has 0 fully saturated rings. The Balaban J connectivity index is 3.60. The van der Waals surface area contributed by atoms with Crippen molar-refractivity contribution in [2.24, 2.45) is 0 Å². The van der Waals surface area contributed by atoms with Gasteiger partial charge in [0, 0.05) is 5.56 Å². The molecule has 0 unspecified atom stereocenters. The Morgan fingerprint density at radius 3 is 2.14 bits per heavy atom. The highest BCUT2D eigenvalue weighted by Crippen LogP contribution is 2.37. The van der Waals surface area contributed by atoms with Gasteiger partial charge in [0.2, 0.25) is 0 Å². The molecule has 0 heterocycles. The van der Waals surface area contributed by atoms with Gasteiger partial charge in [-0.25, -0.2) is 4.39 Å². The molecule has 1 nitrogen and oxygen atoms in total. The van der Waals surface area contributed by atoms with Crippen LogP contribution in [0.15, 0.2) is 0 Å². The molecule has 1 aromatic carbocycles. The van der Waals surface area contributed by atoms with Gasteiger partial charge in [0.15, 0.2) is 0 Å². The van der Waals surface area contributed by atoms with Crippen molar-refractivity contribution in [3.63, 3.8) is 0 Å². The van der Waals surface area contributed by atoms with Gasteiger partial charge in [-0.2, -0.15) is 0 Å². The minimum Gasteiger partial charge on any atom is -0.507 e. The summed E-state index contributed by atoms with van der Waals surface area (Å²) < 4.78 is 13.5. The first kappa shape index (κ1) is 11.3. The molecule has 1 N–H and O–H groups in total. The number of halogens is 2. The van der Waals surface area contributed by atoms with Crippen molar-refractivity contribution >= 4 is 11.6 Å². The summed E-state index contributed by atoms with van der Waals surface area (Å²) in [4.78, 5) is 0. The van der Waals surface area contributed by atoms with E-state index in [9.17, 15) is 9.50 Å². The van der Waals surface area contributed by atoms with Crippen molar-refractivity contribution < 1.29 is 9.50 Å². The van der Waals surface area contributed by atoms with E-state index in [1.165, 1.54) is 6.92 Å². The average molecular weight is 217 g/mol. The monoisotopic (exact) mass is 216 g/mol. The van der Waals surface area contributed by atoms with Crippen LogP contribution in [0.4, 0.5) is 4.39 Å². The molecule has 0 spiro atoms. The summed E-state index contributed by atoms with van der Waals surface area (Å²) in [6, 6.07) is 0. The normalized spacial score (nSPS) is 11.1. The molecule has 1 aromatic rings. The highest BCUT2D eigenvalue weighted by Gasteiger charge is 2.19. The van der Waals surface area contributed by atoms with Crippen molar-refractivity contribution in [3.8, 4) is 5.75 Å². The lowest BCUT2D eigenvalue weighted by Gasteiger charge is -2.16. The van der Waals surface area contributed by atoms with Crippen molar-refractivity contribution in [3.05, 3.63) is 27.5 Å². The van der Waals surface area contributed by atoms with Gasteiger partial charge < -0.3 is 5.11 Å². The molecule has 1 rings (SSSR count). The molecule has 0 radical (unpaired) electrons. The Kier molecular flexibility index (Phi) is 3.05. The molecule has 0 saturated carbocycles. The van der Waals surface area contributed by atoms with Gasteiger partial charge in [-0.3, -0.25) is 0 Å². The molecule has 3 heteroatoms. The summed E-state index contributed by atoms with van der Waals surface area (Å²) in [5.41, 5.74) is 1.58. The number of rotatable bonds is 1. The smallest absolute Gasteiger partial charge is 0.148 e. The Hall–Kier alpha value is -0.760. The van der Waals surface area contributed by atoms with E-state index >= 15 is 0 Å². The van der Waals surface area contributed by atoms with Crippen LogP contribution in [-0.4, -0.2) is 5.11 Å². The first-order chi connectivity index (χ1) is 6.37. The van der Waals surface area contributed by atoms with Crippen molar-refractivity contribution in [2.45, 2.75) is 33.6 Å². The number of phenols is 1. The molecule has 0 aliphatic heterocycles. The van der Waals surface area contributed by atoms with Crippen molar-refractivity contribution in [1.29, 1.82) is 0 Å². The van der Waals surface area contributed by atoms with E-state index in [1.807, 2.05) is 13.8 Å². The third kappa shape index (κ3) is 1.59. The van der Waals surface area contributed by atoms with Crippen LogP contribution in [0, 0.1) is 19.7 Å². The maximum absolute atomic E-state index is 13.5. The maximum atomic E-state index is 13.5. The van der Waals surface area contributed by atoms with Crippen LogP contribution < -0.4 is 0 Å². The van der Waals surface area contributed by atoms with Crippen LogP contribution in [0.3, 0.4) is 0 Å². The second-order valence-electron chi connectivity index (χ2n) is 3.79. The van der Waals surface area contributed by atoms with Crippen LogP contribution >= 0.6 is 11.6 Å². The van der Waals surface area contributed by atoms with E-state index in [4.69, 9.17) is 11.6 Å². The molecule has 0 amide bonds. The lowest BCUT2D eigenvalue weighted by Crippen LogP contribution is -1.99. The second kappa shape index (κ2) is 3.77. The van der Waals surface area contributed by atoms with E-state index in [2.05, 4.69) is 0 Å². The number of hydrogen-bond donors (Lipinski definition) is 1. The maximum Gasteiger partial charge on any atom is 0.148 e. The van der Waals surface area contributed by atoms with Gasteiger partial charge in [-0.05, 0) is 30.9 Å². The Labute approximate surface area is 88.5 Å². The van der Waals surface area contributed by atoms with Crippen molar-refractivity contribution in [1.82, 2.24) is 0 Å². The quantitative estimate of drug-likeness (QED) is 0.754. The van der Waals surface area contributed by atoms with Crippen LogP contribution in [0.2, 0.25) is 5.02 Å². The number of phenolic OH excluding ortho intramolecular Hbond substituents is 1. The fourth-order valence-electron chi connectivity index (χ4n) is 1.65. The average Bonchev–Trinajstić information content (AvgIpc) is 2.11. The van der Waals surface area contributed by atoms with Crippen LogP contribution in [-0.2, 0) is 0 Å². The summed E-state index contributed by atoms with van der Waals surface area (Å²) in [5, 5.41) is 9.77. The zero-order chi connectivity index (χ0) is 11.0. The van der Waals surface area contributed by atoms with Gasteiger partial charge >= 0.3 is 0 Å². The molecule has 0 aromatic heterocycles. The second-order valence-corrected chi connectivity index (χ2v) is 4.17. The largest absolute Gasteiger partial charge is 0.507 e. The van der Waals surface area contributed by atoms with Crippen LogP contribution in [0.5, 0.6) is 5.75 Å². The van der Waals surface area contributed by atoms with Crippen molar-refractivity contribution in [2.75, 3.05) is 0 Å². The Morgan fingerprint density at radius 1 is 1.21 bits per heavy atom. The fourth-order valence-corrected chi connectivity index (χ4v) is 2.15. The molecule has 0 aliphatic rings. The Bertz CT molecular complexity index is 343. The van der Waals surface area contributed by atoms with Gasteiger partial charge in [0.1, 0.15) is 11.6 Å². The summed E-state index contributed by atoms with van der Waals surface area (Å²) in [6.45, 7) is 7.11. The summed E-state index contributed by atoms with van der Waals surface area (Å²) >= 11 is 5.88.